The van der Waals surface area contributed by atoms with Crippen LogP contribution in [0.1, 0.15) is 12.7 Å². The molecule has 0 fully saturated rings. The molecule has 0 atom stereocenters. The lowest BCUT2D eigenvalue weighted by atomic mass is 10.2. The van der Waals surface area contributed by atoms with Crippen LogP contribution in [0.4, 0.5) is 5.69 Å². The number of hydrazone groups is 1. The average molecular weight is 324 g/mol. The summed E-state index contributed by atoms with van der Waals surface area (Å²) in [4.78, 5) is 19.6. The third kappa shape index (κ3) is 3.10. The molecule has 7 heteroatoms. The number of fused-ring (bicyclic) bond motifs is 1. The largest absolute Gasteiger partial charge is 0.461 e. The standard InChI is InChI=1S/C17H17N5O2/c1-3-24-17(23)15(16-19-10-11-22(16)2)21-20-13-8-4-6-12-7-5-9-18-14(12)13/h4-11H,3H2,1-2H3,(H,19,20,23)/p+1. The Morgan fingerprint density at radius 1 is 1.38 bits per heavy atom. The number of nitrogens with zero attached hydrogens (tertiary/aromatic N) is 3. The van der Waals surface area contributed by atoms with Gasteiger partial charge in [0.2, 0.25) is 0 Å². The number of H-pyrrole nitrogens is 1. The van der Waals surface area contributed by atoms with Crippen LogP contribution >= 0.6 is 0 Å². The number of rotatable bonds is 5. The molecule has 0 unspecified atom stereocenters. The van der Waals surface area contributed by atoms with Crippen LogP contribution in [0.5, 0.6) is 0 Å². The summed E-state index contributed by atoms with van der Waals surface area (Å²) in [5, 5.41) is 5.25. The van der Waals surface area contributed by atoms with Crippen molar-refractivity contribution in [1.29, 1.82) is 0 Å². The molecule has 0 saturated carbocycles. The number of imidazole rings is 1. The molecule has 24 heavy (non-hydrogen) atoms. The highest BCUT2D eigenvalue weighted by Gasteiger charge is 2.25. The van der Waals surface area contributed by atoms with Crippen LogP contribution in [-0.4, -0.2) is 28.3 Å². The molecule has 3 aromatic rings. The van der Waals surface area contributed by atoms with Crippen LogP contribution in [0.3, 0.4) is 0 Å². The Bertz CT molecular complexity index is 895. The van der Waals surface area contributed by atoms with Crippen molar-refractivity contribution in [2.45, 2.75) is 6.92 Å². The summed E-state index contributed by atoms with van der Waals surface area (Å²) >= 11 is 0. The molecule has 122 valence electrons. The Hall–Kier alpha value is -3.22. The second-order valence-electron chi connectivity index (χ2n) is 5.09. The van der Waals surface area contributed by atoms with E-state index < -0.39 is 5.97 Å². The molecule has 7 nitrogen and oxygen atoms in total. The number of benzene rings is 1. The maximum Gasteiger partial charge on any atom is 0.367 e. The number of hydrogen-bond donors (Lipinski definition) is 2. The predicted octanol–water partition coefficient (Wildman–Crippen LogP) is 1.77. The first kappa shape index (κ1) is 15.7. The molecule has 0 radical (unpaired) electrons. The van der Waals surface area contributed by atoms with Gasteiger partial charge in [0, 0.05) is 11.6 Å². The summed E-state index contributed by atoms with van der Waals surface area (Å²) in [5.41, 5.74) is 4.59. The number of carbonyl (C=O) groups is 1. The monoisotopic (exact) mass is 324 g/mol. The molecule has 0 amide bonds. The van der Waals surface area contributed by atoms with Crippen LogP contribution in [0.25, 0.3) is 10.9 Å². The molecular formula is C17H18N5O2+. The zero-order chi connectivity index (χ0) is 16.9. The number of anilines is 1. The van der Waals surface area contributed by atoms with Gasteiger partial charge in [-0.2, -0.15) is 5.10 Å². The quantitative estimate of drug-likeness (QED) is 0.324. The molecule has 2 N–H and O–H groups in total. The first-order valence-corrected chi connectivity index (χ1v) is 7.58. The minimum Gasteiger partial charge on any atom is -0.461 e. The molecule has 3 rings (SSSR count). The van der Waals surface area contributed by atoms with Gasteiger partial charge < -0.3 is 4.74 Å². The summed E-state index contributed by atoms with van der Waals surface area (Å²) in [6, 6.07) is 9.57. The van der Waals surface area contributed by atoms with E-state index in [0.29, 0.717) is 11.5 Å². The zero-order valence-electron chi connectivity index (χ0n) is 13.5. The van der Waals surface area contributed by atoms with Crippen LogP contribution < -0.4 is 9.99 Å². The normalized spacial score (nSPS) is 11.5. The number of nitrogens with one attached hydrogen (secondary N) is 2. The fourth-order valence-electron chi connectivity index (χ4n) is 2.35. The average Bonchev–Trinajstić information content (AvgIpc) is 3.01. The van der Waals surface area contributed by atoms with Gasteiger partial charge in [-0.15, -0.1) is 0 Å². The smallest absolute Gasteiger partial charge is 0.367 e. The lowest BCUT2D eigenvalue weighted by molar-refractivity contribution is -0.671. The number of aryl methyl sites for hydroxylation is 1. The molecule has 0 aliphatic rings. The third-order valence-electron chi connectivity index (χ3n) is 3.48. The summed E-state index contributed by atoms with van der Waals surface area (Å²) in [7, 11) is 1.82. The van der Waals surface area contributed by atoms with Crippen molar-refractivity contribution >= 4 is 28.3 Å². The lowest BCUT2D eigenvalue weighted by Gasteiger charge is -2.06. The molecular weight excluding hydrogens is 306 g/mol. The van der Waals surface area contributed by atoms with E-state index in [-0.39, 0.29) is 12.3 Å². The highest BCUT2D eigenvalue weighted by Crippen LogP contribution is 2.20. The van der Waals surface area contributed by atoms with Crippen LogP contribution in [-0.2, 0) is 16.6 Å². The van der Waals surface area contributed by atoms with Crippen LogP contribution in [0, 0.1) is 0 Å². The first-order chi connectivity index (χ1) is 11.7. The maximum atomic E-state index is 12.2. The minimum absolute atomic E-state index is 0.164. The van der Waals surface area contributed by atoms with Gasteiger partial charge in [0.05, 0.1) is 24.9 Å². The van der Waals surface area contributed by atoms with Crippen molar-refractivity contribution in [2.24, 2.45) is 12.1 Å². The van der Waals surface area contributed by atoms with Gasteiger partial charge in [-0.1, -0.05) is 18.2 Å². The van der Waals surface area contributed by atoms with Gasteiger partial charge in [0.1, 0.15) is 12.4 Å². The fraction of sp³-hybridized carbons (Fsp3) is 0.176. The predicted molar refractivity (Wildman–Crippen MR) is 90.5 cm³/mol. The van der Waals surface area contributed by atoms with E-state index >= 15 is 0 Å². The Balaban J connectivity index is 1.99. The first-order valence-electron chi connectivity index (χ1n) is 7.58. The number of hydrogen-bond acceptors (Lipinski definition) is 5. The van der Waals surface area contributed by atoms with Crippen LogP contribution in [0.15, 0.2) is 54.0 Å². The van der Waals surface area contributed by atoms with Crippen molar-refractivity contribution in [2.75, 3.05) is 12.0 Å². The van der Waals surface area contributed by atoms with E-state index in [1.807, 2.05) is 37.4 Å². The molecule has 0 spiro atoms. The van der Waals surface area contributed by atoms with Crippen molar-refractivity contribution in [3.05, 3.63) is 54.7 Å². The van der Waals surface area contributed by atoms with Crippen molar-refractivity contribution < 1.29 is 14.1 Å². The molecule has 1 aromatic carbocycles. The highest BCUT2D eigenvalue weighted by atomic mass is 16.5. The van der Waals surface area contributed by atoms with E-state index in [4.69, 9.17) is 4.74 Å². The molecule has 2 aromatic heterocycles. The molecule has 0 saturated heterocycles. The number of aromatic amines is 1. The third-order valence-corrected chi connectivity index (χ3v) is 3.48. The van der Waals surface area contributed by atoms with E-state index in [2.05, 4.69) is 20.5 Å². The number of pyridine rings is 1. The number of para-hydroxylation sites is 1. The number of aromatic nitrogens is 3. The number of carbonyl (C=O) groups excluding carboxylic acids is 1. The summed E-state index contributed by atoms with van der Waals surface area (Å²) in [5.74, 6) is 0.0467. The summed E-state index contributed by atoms with van der Waals surface area (Å²) < 4.78 is 6.86. The molecule has 2 heterocycles. The highest BCUT2D eigenvalue weighted by molar-refractivity contribution is 6.41. The van der Waals surface area contributed by atoms with E-state index in [0.717, 1.165) is 10.9 Å². The van der Waals surface area contributed by atoms with Crippen molar-refractivity contribution in [3.63, 3.8) is 0 Å². The van der Waals surface area contributed by atoms with E-state index in [1.165, 1.54) is 0 Å². The fourth-order valence-corrected chi connectivity index (χ4v) is 2.35. The maximum absolute atomic E-state index is 12.2. The Labute approximate surface area is 139 Å². The summed E-state index contributed by atoms with van der Waals surface area (Å²) in [6.07, 6.45) is 5.24. The topological polar surface area (TPSA) is 83.2 Å². The second-order valence-corrected chi connectivity index (χ2v) is 5.09. The Kier molecular flexibility index (Phi) is 4.51. The lowest BCUT2D eigenvalue weighted by Crippen LogP contribution is -2.37. The Morgan fingerprint density at radius 3 is 2.96 bits per heavy atom. The number of esters is 1. The van der Waals surface area contributed by atoms with Gasteiger partial charge >= 0.3 is 11.8 Å². The van der Waals surface area contributed by atoms with Crippen LogP contribution in [0.2, 0.25) is 0 Å². The molecule has 0 aliphatic heterocycles. The zero-order valence-corrected chi connectivity index (χ0v) is 13.5. The minimum atomic E-state index is -0.503. The summed E-state index contributed by atoms with van der Waals surface area (Å²) in [6.45, 7) is 2.03. The van der Waals surface area contributed by atoms with Gasteiger partial charge in [0.25, 0.3) is 5.71 Å². The van der Waals surface area contributed by atoms with Crippen molar-refractivity contribution in [3.8, 4) is 0 Å². The second kappa shape index (κ2) is 6.91. The molecule has 0 bridgehead atoms. The van der Waals surface area contributed by atoms with Gasteiger partial charge in [-0.25, -0.2) is 14.3 Å². The van der Waals surface area contributed by atoms with Gasteiger partial charge in [-0.3, -0.25) is 10.4 Å². The SMILES string of the molecule is CCOC(=O)/C(=N\Nc1cccc2cccnc12)c1[nH]cc[n+]1C. The Morgan fingerprint density at radius 2 is 2.21 bits per heavy atom. The van der Waals surface area contributed by atoms with E-state index in [1.54, 1.807) is 30.1 Å². The van der Waals surface area contributed by atoms with Gasteiger partial charge in [0.15, 0.2) is 0 Å². The van der Waals surface area contributed by atoms with Crippen molar-refractivity contribution in [1.82, 2.24) is 9.97 Å². The van der Waals surface area contributed by atoms with Gasteiger partial charge in [-0.05, 0) is 19.1 Å². The van der Waals surface area contributed by atoms with E-state index in [9.17, 15) is 4.79 Å². The number of ether oxygens (including phenoxy) is 1. The molecule has 0 aliphatic carbocycles.